The molecule has 2 aromatic heterocycles. The molecule has 2 nitrogen and oxygen atoms in total. The summed E-state index contributed by atoms with van der Waals surface area (Å²) in [6, 6.07) is 8.66. The van der Waals surface area contributed by atoms with E-state index in [1.165, 1.54) is 77.0 Å². The molecule has 24 heteroatoms. The lowest BCUT2D eigenvalue weighted by molar-refractivity contribution is -0.636. The van der Waals surface area contributed by atoms with Crippen LogP contribution in [0.4, 0.5) is 87.8 Å². The van der Waals surface area contributed by atoms with Gasteiger partial charge in [0.05, 0.1) is 0 Å². The lowest BCUT2D eigenvalue weighted by Crippen LogP contribution is -3.61. The molecule has 0 bridgehead atoms. The van der Waals surface area contributed by atoms with Crippen LogP contribution < -0.4 is 43.1 Å². The van der Waals surface area contributed by atoms with Gasteiger partial charge in [0, 0.05) is 25.0 Å². The molecule has 0 saturated carbocycles. The van der Waals surface area contributed by atoms with Gasteiger partial charge in [-0.2, -0.15) is 0 Å². The van der Waals surface area contributed by atoms with Gasteiger partial charge >= 0.3 is 28.7 Å². The molecule has 0 atom stereocenters. The van der Waals surface area contributed by atoms with Crippen molar-refractivity contribution in [2.75, 3.05) is 0 Å². The van der Waals surface area contributed by atoms with Crippen LogP contribution in [0, 0.1) is 124 Å². The first-order valence-electron chi connectivity index (χ1n) is 22.1. The van der Waals surface area contributed by atoms with Gasteiger partial charge in [-0.05, 0) is 25.0 Å². The molecule has 72 heavy (non-hydrogen) atoms. The summed E-state index contributed by atoms with van der Waals surface area (Å²) in [6.45, 7) is 4.54. The summed E-state index contributed by atoms with van der Waals surface area (Å²) >= 11 is -0.319. The predicted molar refractivity (Wildman–Crippen MR) is 218 cm³/mol. The fraction of sp³-hybridized carbons (Fsp3) is 0.333. The van der Waals surface area contributed by atoms with Crippen molar-refractivity contribution in [1.82, 2.24) is 0 Å². The zero-order valence-corrected chi connectivity index (χ0v) is 39.7. The Morgan fingerprint density at radius 2 is 0.500 bits per heavy atom. The van der Waals surface area contributed by atoms with E-state index in [-0.39, 0.29) is 21.2 Å². The van der Waals surface area contributed by atoms with Crippen molar-refractivity contribution >= 4 is 28.0 Å². The molecule has 6 rings (SSSR count). The van der Waals surface area contributed by atoms with Gasteiger partial charge in [-0.3, -0.25) is 0 Å². The van der Waals surface area contributed by atoms with Crippen LogP contribution in [0.1, 0.15) is 102 Å². The Hall–Kier alpha value is -5.17. The fourth-order valence-corrected chi connectivity index (χ4v) is 10.2. The normalized spacial score (nSPS) is 11.8. The van der Waals surface area contributed by atoms with E-state index in [1.54, 1.807) is 0 Å². The number of aryl methyl sites for hydroxylation is 2. The van der Waals surface area contributed by atoms with Crippen molar-refractivity contribution in [3.8, 4) is 0 Å². The molecular formula is C48H38BF20IO2. The topological polar surface area (TPSA) is 26.3 Å². The minimum absolute atomic E-state index is 0.319. The van der Waals surface area contributed by atoms with Gasteiger partial charge in [-0.15, -0.1) is 21.9 Å². The molecule has 0 fully saturated rings. The fourth-order valence-electron chi connectivity index (χ4n) is 8.20. The van der Waals surface area contributed by atoms with Gasteiger partial charge in [0.2, 0.25) is 0 Å². The highest BCUT2D eigenvalue weighted by Gasteiger charge is 2.52. The van der Waals surface area contributed by atoms with Crippen molar-refractivity contribution < 1.29 is 118 Å². The number of unbranched alkanes of at least 4 members (excludes halogenated alkanes) is 10. The quantitative estimate of drug-likeness (QED) is 0.0190. The average Bonchev–Trinajstić information content (AvgIpc) is 4.02. The smallest absolute Gasteiger partial charge is 0.423 e. The minimum Gasteiger partial charge on any atom is -0.423 e. The number of hydrogen-bond acceptors (Lipinski definition) is 2. The minimum atomic E-state index is -7.22. The van der Waals surface area contributed by atoms with Gasteiger partial charge in [-0.25, -0.2) is 87.8 Å². The van der Waals surface area contributed by atoms with E-state index in [2.05, 4.69) is 38.1 Å². The first-order chi connectivity index (χ1) is 34.0. The molecule has 6 aromatic rings. The van der Waals surface area contributed by atoms with Gasteiger partial charge in [-0.1, -0.05) is 78.1 Å². The van der Waals surface area contributed by atoms with Crippen LogP contribution >= 0.6 is 0 Å². The zero-order chi connectivity index (χ0) is 53.5. The molecular weight excluding hydrogens is 1130 g/mol. The highest BCUT2D eigenvalue weighted by Crippen LogP contribution is 2.31. The van der Waals surface area contributed by atoms with Gasteiger partial charge in [0.25, 0.3) is 0 Å². The molecule has 0 spiro atoms. The Labute approximate surface area is 408 Å². The van der Waals surface area contributed by atoms with Crippen molar-refractivity contribution in [3.05, 3.63) is 160 Å². The van der Waals surface area contributed by atoms with E-state index >= 15 is 35.1 Å². The van der Waals surface area contributed by atoms with E-state index in [1.807, 2.05) is 0 Å². The maximum atomic E-state index is 15.4. The van der Waals surface area contributed by atoms with Crippen molar-refractivity contribution in [3.63, 3.8) is 0 Å². The molecule has 0 N–H and O–H groups in total. The van der Waals surface area contributed by atoms with Crippen LogP contribution in [0.2, 0.25) is 0 Å². The van der Waals surface area contributed by atoms with Crippen LogP contribution in [0.5, 0.6) is 0 Å². The first kappa shape index (κ1) is 57.7. The van der Waals surface area contributed by atoms with Crippen LogP contribution in [-0.2, 0) is 12.8 Å². The van der Waals surface area contributed by atoms with Gasteiger partial charge in [0.1, 0.15) is 64.2 Å². The number of benzene rings is 4. The first-order valence-corrected chi connectivity index (χ1v) is 24.2. The summed E-state index contributed by atoms with van der Waals surface area (Å²) < 4.78 is 308. The highest BCUT2D eigenvalue weighted by molar-refractivity contribution is 7.20. The van der Waals surface area contributed by atoms with E-state index in [9.17, 15) is 52.7 Å². The molecule has 0 unspecified atom stereocenters. The Balaban J connectivity index is 0.000000304. The standard InChI is InChI=1S/C24BF20.C24H38IO2/c26-5-1(6(27)14(35)21(42)13(5)34)25(2-7(28)15(36)22(43)16(37)8(2)29,3-9(30)17(38)23(44)18(39)10(3)31)4-11(32)19(40)24(45)20(41)12(4)33;1-3-5-7-9-11-13-15-21-17-19-23(26-21)25-24-20-18-22(27-24)16-14-12-10-8-6-4-2/h;17-20H,3-16H2,1-2H3/q-1;+1. The second kappa shape index (κ2) is 24.7. The third kappa shape index (κ3) is 11.3. The molecule has 0 amide bonds. The monoisotopic (exact) mass is 1160 g/mol. The van der Waals surface area contributed by atoms with Gasteiger partial charge < -0.3 is 8.83 Å². The SMILES string of the molecule is CCCCCCCCc1ccc([I+]c2ccc(CCCCCCCC)o2)o1.Fc1c(F)c(F)c([B-](c2c(F)c(F)c(F)c(F)c2F)(c2c(F)c(F)c(F)c(F)c2F)c2c(F)c(F)c(F)c(F)c2F)c(F)c1F. The molecule has 0 radical (unpaired) electrons. The van der Waals surface area contributed by atoms with E-state index < -0.39 is 144 Å². The molecule has 0 saturated heterocycles. The third-order valence-corrected chi connectivity index (χ3v) is 13.9. The summed E-state index contributed by atoms with van der Waals surface area (Å²) in [4.78, 5) is 0. The lowest BCUT2D eigenvalue weighted by Gasteiger charge is -2.44. The molecule has 4 aromatic carbocycles. The lowest BCUT2D eigenvalue weighted by atomic mass is 9.12. The van der Waals surface area contributed by atoms with Crippen LogP contribution in [0.3, 0.4) is 0 Å². The van der Waals surface area contributed by atoms with Crippen LogP contribution in [0.25, 0.3) is 0 Å². The van der Waals surface area contributed by atoms with Crippen molar-refractivity contribution in [2.24, 2.45) is 0 Å². The molecule has 0 aliphatic rings. The maximum absolute atomic E-state index is 15.4. The highest BCUT2D eigenvalue weighted by atomic mass is 127. The largest absolute Gasteiger partial charge is 0.442 e. The molecule has 0 aliphatic heterocycles. The van der Waals surface area contributed by atoms with Gasteiger partial charge in [0.15, 0.2) is 69.8 Å². The number of hydrogen-bond donors (Lipinski definition) is 0. The Morgan fingerprint density at radius 3 is 0.736 bits per heavy atom. The van der Waals surface area contributed by atoms with Crippen molar-refractivity contribution in [1.29, 1.82) is 0 Å². The van der Waals surface area contributed by atoms with Crippen LogP contribution in [-0.4, -0.2) is 6.15 Å². The van der Waals surface area contributed by atoms with Crippen LogP contribution in [0.15, 0.2) is 33.1 Å². The summed E-state index contributed by atoms with van der Waals surface area (Å²) in [5.74, 6) is -69.1. The van der Waals surface area contributed by atoms with E-state index in [0.717, 1.165) is 31.9 Å². The average molecular weight is 1160 g/mol. The summed E-state index contributed by atoms with van der Waals surface area (Å²) in [7, 11) is 0. The van der Waals surface area contributed by atoms with E-state index in [4.69, 9.17) is 8.83 Å². The zero-order valence-electron chi connectivity index (χ0n) is 37.5. The molecule has 392 valence electrons. The number of rotatable bonds is 20. The summed E-state index contributed by atoms with van der Waals surface area (Å²) in [5.41, 5.74) is -14.3. The second-order valence-corrected chi connectivity index (χ2v) is 19.0. The Bertz CT molecular complexity index is 2470. The number of halogens is 21. The number of furan rings is 2. The predicted octanol–water partition coefficient (Wildman–Crippen LogP) is 10.7. The van der Waals surface area contributed by atoms with Crippen molar-refractivity contribution in [2.45, 2.75) is 104 Å². The Morgan fingerprint density at radius 1 is 0.292 bits per heavy atom. The Kier molecular flexibility index (Phi) is 19.8. The second-order valence-electron chi connectivity index (χ2n) is 16.3. The molecule has 2 heterocycles. The summed E-state index contributed by atoms with van der Waals surface area (Å²) in [5, 5.41) is 0. The van der Waals surface area contributed by atoms with E-state index in [0.29, 0.717) is 0 Å². The maximum Gasteiger partial charge on any atom is 0.442 e. The third-order valence-electron chi connectivity index (χ3n) is 11.7. The summed E-state index contributed by atoms with van der Waals surface area (Å²) in [6.07, 6.45) is 11.0. The molecule has 0 aliphatic carbocycles.